The Bertz CT molecular complexity index is 321. The maximum absolute atomic E-state index is 6.00. The summed E-state index contributed by atoms with van der Waals surface area (Å²) < 4.78 is 14.9. The van der Waals surface area contributed by atoms with E-state index >= 15 is 0 Å². The van der Waals surface area contributed by atoms with E-state index < -0.39 is 16.8 Å². The minimum atomic E-state index is -1.95. The Morgan fingerprint density at radius 2 is 1.20 bits per heavy atom. The van der Waals surface area contributed by atoms with Crippen molar-refractivity contribution in [1.82, 2.24) is 4.57 Å². The third-order valence-corrected chi connectivity index (χ3v) is 16.2. The summed E-state index contributed by atoms with van der Waals surface area (Å²) in [5, 5.41) is 0. The Labute approximate surface area is 161 Å². The predicted molar refractivity (Wildman–Crippen MR) is 117 cm³/mol. The fourth-order valence-corrected chi connectivity index (χ4v) is 15.0. The summed E-state index contributed by atoms with van der Waals surface area (Å²) in [6.07, 6.45) is 2.48. The van der Waals surface area contributed by atoms with E-state index in [0.717, 1.165) is 35.9 Å². The van der Waals surface area contributed by atoms with Crippen LogP contribution in [0.15, 0.2) is 0 Å². The zero-order valence-corrected chi connectivity index (χ0v) is 20.9. The molecule has 0 aromatic rings. The van der Waals surface area contributed by atoms with Crippen molar-refractivity contribution in [3.8, 4) is 0 Å². The molecule has 0 spiro atoms. The zero-order valence-electron chi connectivity index (χ0n) is 18.9. The summed E-state index contributed by atoms with van der Waals surface area (Å²) in [6, 6.07) is 1.12. The maximum atomic E-state index is 6.00. The van der Waals surface area contributed by atoms with Gasteiger partial charge >= 0.3 is 8.56 Å². The Kier molecular flexibility index (Phi) is 12.1. The first-order valence-electron chi connectivity index (χ1n) is 10.6. The quantitative estimate of drug-likeness (QED) is 0.253. The van der Waals surface area contributed by atoms with Gasteiger partial charge in [-0.25, -0.2) is 0 Å². The standard InChI is InChI=1S/C20H47NO2Si2/c1-11-21(25(18(4)5,19(6)7)20(8)9)16-14-15-17-24(10,22-12-2)23-13-3/h18-20H,11-17H2,1-10H3. The lowest BCUT2D eigenvalue weighted by atomic mass is 10.3. The van der Waals surface area contributed by atoms with Crippen molar-refractivity contribution in [2.45, 2.75) is 104 Å². The Balaban J connectivity index is 4.92. The lowest BCUT2D eigenvalue weighted by Crippen LogP contribution is -2.60. The Morgan fingerprint density at radius 3 is 1.52 bits per heavy atom. The molecule has 0 aromatic heterocycles. The fourth-order valence-electron chi connectivity index (χ4n) is 5.27. The molecule has 0 heterocycles. The van der Waals surface area contributed by atoms with Crippen molar-refractivity contribution in [3.05, 3.63) is 0 Å². The zero-order chi connectivity index (χ0) is 19.7. The summed E-state index contributed by atoms with van der Waals surface area (Å²) in [5.74, 6) is 0. The molecule has 0 bridgehead atoms. The van der Waals surface area contributed by atoms with Crippen molar-refractivity contribution in [3.63, 3.8) is 0 Å². The van der Waals surface area contributed by atoms with Crippen molar-refractivity contribution in [1.29, 1.82) is 0 Å². The minimum absolute atomic E-state index is 0.772. The number of unbranched alkanes of at least 4 members (excludes halogenated alkanes) is 1. The van der Waals surface area contributed by atoms with E-state index in [1.54, 1.807) is 0 Å². The van der Waals surface area contributed by atoms with Crippen LogP contribution < -0.4 is 0 Å². The molecule has 0 aliphatic rings. The first kappa shape index (κ1) is 25.3. The second-order valence-electron chi connectivity index (χ2n) is 8.39. The van der Waals surface area contributed by atoms with Gasteiger partial charge in [-0.15, -0.1) is 0 Å². The van der Waals surface area contributed by atoms with Crippen LogP contribution in [0.25, 0.3) is 0 Å². The van der Waals surface area contributed by atoms with Crippen LogP contribution in [0.5, 0.6) is 0 Å². The lowest BCUT2D eigenvalue weighted by Gasteiger charge is -2.51. The monoisotopic (exact) mass is 389 g/mol. The summed E-state index contributed by atoms with van der Waals surface area (Å²) in [5.41, 5.74) is 2.37. The molecule has 0 radical (unpaired) electrons. The molecule has 0 amide bonds. The van der Waals surface area contributed by atoms with Crippen LogP contribution in [0.2, 0.25) is 29.2 Å². The summed E-state index contributed by atoms with van der Waals surface area (Å²) in [6.45, 7) is 27.5. The SMILES string of the molecule is CCO[Si](C)(CCCCN(CC)[Si](C(C)C)(C(C)C)C(C)C)OCC. The fraction of sp³-hybridized carbons (Fsp3) is 1.00. The Morgan fingerprint density at radius 1 is 0.760 bits per heavy atom. The number of rotatable bonds is 14. The van der Waals surface area contributed by atoms with E-state index in [0.29, 0.717) is 0 Å². The normalized spacial score (nSPS) is 13.7. The molecule has 25 heavy (non-hydrogen) atoms. The van der Waals surface area contributed by atoms with Gasteiger partial charge in [-0.05, 0) is 62.6 Å². The van der Waals surface area contributed by atoms with Crippen LogP contribution in [0.4, 0.5) is 0 Å². The molecular weight excluding hydrogens is 342 g/mol. The van der Waals surface area contributed by atoms with Crippen LogP contribution in [0.3, 0.4) is 0 Å². The Hall–Kier alpha value is 0.314. The van der Waals surface area contributed by atoms with E-state index in [1.807, 2.05) is 0 Å². The largest absolute Gasteiger partial charge is 0.395 e. The topological polar surface area (TPSA) is 21.7 Å². The highest BCUT2D eigenvalue weighted by atomic mass is 28.4. The average Bonchev–Trinajstić information content (AvgIpc) is 2.49. The van der Waals surface area contributed by atoms with Crippen LogP contribution in [-0.2, 0) is 8.85 Å². The maximum Gasteiger partial charge on any atom is 0.334 e. The molecule has 152 valence electrons. The van der Waals surface area contributed by atoms with Gasteiger partial charge in [0.05, 0.1) is 0 Å². The molecule has 0 aliphatic heterocycles. The highest BCUT2D eigenvalue weighted by Crippen LogP contribution is 2.43. The van der Waals surface area contributed by atoms with E-state index in [-0.39, 0.29) is 0 Å². The summed E-state index contributed by atoms with van der Waals surface area (Å²) in [7, 11) is -3.45. The summed E-state index contributed by atoms with van der Waals surface area (Å²) in [4.78, 5) is 0. The van der Waals surface area contributed by atoms with Crippen LogP contribution in [0, 0.1) is 0 Å². The van der Waals surface area contributed by atoms with Crippen LogP contribution in [0.1, 0.15) is 75.2 Å². The van der Waals surface area contributed by atoms with Gasteiger partial charge in [-0.3, -0.25) is 0 Å². The third-order valence-electron chi connectivity index (χ3n) is 5.91. The molecular formula is C20H47NO2Si2. The molecule has 0 saturated heterocycles. The van der Waals surface area contributed by atoms with Crippen LogP contribution >= 0.6 is 0 Å². The molecule has 0 atom stereocenters. The highest BCUT2D eigenvalue weighted by molar-refractivity contribution is 6.80. The van der Waals surface area contributed by atoms with Crippen molar-refractivity contribution < 1.29 is 8.85 Å². The van der Waals surface area contributed by atoms with E-state index in [4.69, 9.17) is 8.85 Å². The highest BCUT2D eigenvalue weighted by Gasteiger charge is 2.47. The van der Waals surface area contributed by atoms with Gasteiger partial charge in [-0.2, -0.15) is 0 Å². The van der Waals surface area contributed by atoms with E-state index in [9.17, 15) is 0 Å². The second kappa shape index (κ2) is 11.9. The number of hydrogen-bond donors (Lipinski definition) is 0. The molecule has 0 saturated carbocycles. The molecule has 0 aliphatic carbocycles. The molecule has 0 fully saturated rings. The molecule has 0 aromatic carbocycles. The number of nitrogens with zero attached hydrogens (tertiary/aromatic N) is 1. The van der Waals surface area contributed by atoms with Gasteiger partial charge in [0.1, 0.15) is 8.24 Å². The van der Waals surface area contributed by atoms with Gasteiger partial charge in [0.15, 0.2) is 0 Å². The van der Waals surface area contributed by atoms with Crippen LogP contribution in [-0.4, -0.2) is 47.7 Å². The third kappa shape index (κ3) is 6.76. The van der Waals surface area contributed by atoms with Gasteiger partial charge in [0.2, 0.25) is 0 Å². The molecule has 5 heteroatoms. The number of hydrogen-bond acceptors (Lipinski definition) is 3. The smallest absolute Gasteiger partial charge is 0.334 e. The molecule has 0 unspecified atom stereocenters. The second-order valence-corrected chi connectivity index (χ2v) is 17.6. The van der Waals surface area contributed by atoms with Gasteiger partial charge in [0, 0.05) is 13.2 Å². The van der Waals surface area contributed by atoms with Crippen molar-refractivity contribution in [2.75, 3.05) is 26.3 Å². The van der Waals surface area contributed by atoms with Gasteiger partial charge in [0.25, 0.3) is 0 Å². The molecule has 0 rings (SSSR count). The van der Waals surface area contributed by atoms with E-state index in [2.05, 4.69) is 73.4 Å². The molecule has 3 nitrogen and oxygen atoms in total. The molecule has 0 N–H and O–H groups in total. The first-order chi connectivity index (χ1) is 11.6. The van der Waals surface area contributed by atoms with Gasteiger partial charge < -0.3 is 13.4 Å². The van der Waals surface area contributed by atoms with Crippen molar-refractivity contribution in [2.24, 2.45) is 0 Å². The summed E-state index contributed by atoms with van der Waals surface area (Å²) >= 11 is 0. The van der Waals surface area contributed by atoms with Crippen molar-refractivity contribution >= 4 is 16.8 Å². The predicted octanol–water partition coefficient (Wildman–Crippen LogP) is 6.41. The van der Waals surface area contributed by atoms with E-state index in [1.165, 1.54) is 25.9 Å². The minimum Gasteiger partial charge on any atom is -0.395 e. The average molecular weight is 390 g/mol. The first-order valence-corrected chi connectivity index (χ1v) is 15.3. The lowest BCUT2D eigenvalue weighted by molar-refractivity contribution is 0.188. The van der Waals surface area contributed by atoms with Gasteiger partial charge in [-0.1, -0.05) is 54.9 Å².